The van der Waals surface area contributed by atoms with Crippen LogP contribution in [-0.2, 0) is 5.72 Å². The topological polar surface area (TPSA) is 35.7 Å². The Morgan fingerprint density at radius 1 is 1.04 bits per heavy atom. The van der Waals surface area contributed by atoms with Crippen LogP contribution >= 0.6 is 11.6 Å². The predicted octanol–water partition coefficient (Wildman–Crippen LogP) is 1.00. The van der Waals surface area contributed by atoms with Crippen molar-refractivity contribution in [3.05, 3.63) is 59.1 Å². The predicted molar refractivity (Wildman–Crippen MR) is 104 cm³/mol. The van der Waals surface area contributed by atoms with Crippen LogP contribution in [0.4, 0.5) is 5.69 Å². The SMILES string of the molecule is COc1ccc(C2(O)C[N+]3=C(CCCCC3)N2c2ccc(Cl)cc2)cc1.[Br-]. The first-order valence-corrected chi connectivity index (χ1v) is 9.53. The number of hydrogen-bond donors (Lipinski definition) is 1. The molecule has 0 aromatic heterocycles. The molecule has 2 aliphatic heterocycles. The van der Waals surface area contributed by atoms with E-state index in [1.54, 1.807) is 7.11 Å². The number of aliphatic hydroxyl groups is 1. The quantitative estimate of drug-likeness (QED) is 0.708. The Kier molecular flexibility index (Phi) is 6.14. The van der Waals surface area contributed by atoms with Gasteiger partial charge in [0.2, 0.25) is 0 Å². The van der Waals surface area contributed by atoms with Crippen molar-refractivity contribution in [1.82, 2.24) is 0 Å². The van der Waals surface area contributed by atoms with Crippen molar-refractivity contribution in [2.45, 2.75) is 31.4 Å². The molecule has 2 aromatic rings. The van der Waals surface area contributed by atoms with Gasteiger partial charge in [-0.3, -0.25) is 4.58 Å². The summed E-state index contributed by atoms with van der Waals surface area (Å²) in [6, 6.07) is 15.4. The second-order valence-corrected chi connectivity index (χ2v) is 7.44. The van der Waals surface area contributed by atoms with Crippen LogP contribution in [0.15, 0.2) is 48.5 Å². The number of halogens is 2. The molecule has 1 unspecified atom stereocenters. The second kappa shape index (κ2) is 8.21. The zero-order valence-corrected chi connectivity index (χ0v) is 17.7. The molecule has 6 heteroatoms. The number of nitrogens with zero attached hydrogens (tertiary/aromatic N) is 2. The molecule has 0 amide bonds. The summed E-state index contributed by atoms with van der Waals surface area (Å²) in [4.78, 5) is 2.09. The maximum atomic E-state index is 11.8. The average Bonchev–Trinajstić information content (AvgIpc) is 2.80. The molecule has 0 aliphatic carbocycles. The maximum Gasteiger partial charge on any atom is 0.275 e. The van der Waals surface area contributed by atoms with Crippen molar-refractivity contribution in [2.75, 3.05) is 25.1 Å². The van der Waals surface area contributed by atoms with Gasteiger partial charge in [0, 0.05) is 17.0 Å². The van der Waals surface area contributed by atoms with E-state index in [1.807, 2.05) is 48.5 Å². The van der Waals surface area contributed by atoms with Gasteiger partial charge >= 0.3 is 0 Å². The summed E-state index contributed by atoms with van der Waals surface area (Å²) in [6.07, 6.45) is 4.52. The first kappa shape index (κ1) is 20.2. The number of benzene rings is 2. The molecule has 27 heavy (non-hydrogen) atoms. The van der Waals surface area contributed by atoms with Gasteiger partial charge in [0.15, 0.2) is 6.54 Å². The summed E-state index contributed by atoms with van der Waals surface area (Å²) >= 11 is 6.09. The van der Waals surface area contributed by atoms with E-state index in [-0.39, 0.29) is 17.0 Å². The third-order valence-corrected chi connectivity index (χ3v) is 5.62. The van der Waals surface area contributed by atoms with Crippen LogP contribution in [0, 0.1) is 0 Å². The Labute approximate surface area is 175 Å². The van der Waals surface area contributed by atoms with Gasteiger partial charge in [-0.1, -0.05) is 11.6 Å². The van der Waals surface area contributed by atoms with Crippen molar-refractivity contribution >= 4 is 23.1 Å². The van der Waals surface area contributed by atoms with Crippen LogP contribution in [0.1, 0.15) is 31.2 Å². The smallest absolute Gasteiger partial charge is 0.275 e. The van der Waals surface area contributed by atoms with Gasteiger partial charge in [-0.15, -0.1) is 0 Å². The first-order valence-electron chi connectivity index (χ1n) is 9.15. The van der Waals surface area contributed by atoms with Crippen LogP contribution in [-0.4, -0.2) is 35.7 Å². The minimum absolute atomic E-state index is 0. The summed E-state index contributed by atoms with van der Waals surface area (Å²) in [7, 11) is 1.65. The number of ether oxygens (including phenoxy) is 1. The Hall–Kier alpha value is -1.56. The molecule has 1 N–H and O–H groups in total. The van der Waals surface area contributed by atoms with Crippen LogP contribution in [0.25, 0.3) is 0 Å². The zero-order valence-electron chi connectivity index (χ0n) is 15.4. The highest BCUT2D eigenvalue weighted by Gasteiger charge is 2.53. The molecule has 1 atom stereocenters. The molecular weight excluding hydrogens is 428 g/mol. The number of rotatable bonds is 3. The summed E-state index contributed by atoms with van der Waals surface area (Å²) in [6.45, 7) is 1.55. The summed E-state index contributed by atoms with van der Waals surface area (Å²) < 4.78 is 7.61. The molecule has 0 spiro atoms. The lowest BCUT2D eigenvalue weighted by Crippen LogP contribution is -3.00. The van der Waals surface area contributed by atoms with Gasteiger partial charge in [-0.05, 0) is 67.8 Å². The minimum atomic E-state index is -1.10. The van der Waals surface area contributed by atoms with E-state index in [2.05, 4.69) is 9.48 Å². The molecule has 0 fully saturated rings. The van der Waals surface area contributed by atoms with Gasteiger partial charge in [-0.25, -0.2) is 0 Å². The monoisotopic (exact) mass is 450 g/mol. The van der Waals surface area contributed by atoms with Gasteiger partial charge < -0.3 is 26.8 Å². The highest BCUT2D eigenvalue weighted by molar-refractivity contribution is 6.30. The number of methoxy groups -OCH3 is 1. The maximum absolute atomic E-state index is 11.8. The molecule has 144 valence electrons. The van der Waals surface area contributed by atoms with Crippen molar-refractivity contribution in [2.24, 2.45) is 0 Å². The van der Waals surface area contributed by atoms with Crippen molar-refractivity contribution in [1.29, 1.82) is 0 Å². The molecule has 0 radical (unpaired) electrons. The van der Waals surface area contributed by atoms with E-state index in [1.165, 1.54) is 12.3 Å². The Balaban J connectivity index is 0.00000210. The van der Waals surface area contributed by atoms with E-state index < -0.39 is 5.72 Å². The van der Waals surface area contributed by atoms with Gasteiger partial charge in [0.25, 0.3) is 11.6 Å². The third-order valence-electron chi connectivity index (χ3n) is 5.37. The summed E-state index contributed by atoms with van der Waals surface area (Å²) in [5.74, 6) is 1.98. The average molecular weight is 452 g/mol. The molecule has 0 bridgehead atoms. The van der Waals surface area contributed by atoms with Crippen LogP contribution in [0.2, 0.25) is 5.02 Å². The standard InChI is InChI=1S/C21H24ClN2O2.BrH/c1-26-19-12-6-16(7-13-19)21(25)15-23-14-4-2-3-5-20(23)24(21)18-10-8-17(22)9-11-18;/h6-13,25H,2-5,14-15H2,1H3;1H/q+1;/p-1. The Morgan fingerprint density at radius 3 is 2.41 bits per heavy atom. The fourth-order valence-corrected chi connectivity index (χ4v) is 4.18. The minimum Gasteiger partial charge on any atom is -1.00 e. The summed E-state index contributed by atoms with van der Waals surface area (Å²) in [5.41, 5.74) is 0.730. The number of anilines is 1. The number of hydrogen-bond acceptors (Lipinski definition) is 3. The second-order valence-electron chi connectivity index (χ2n) is 7.01. The lowest BCUT2D eigenvalue weighted by molar-refractivity contribution is -0.534. The van der Waals surface area contributed by atoms with Gasteiger partial charge in [-0.2, -0.15) is 4.90 Å². The summed E-state index contributed by atoms with van der Waals surface area (Å²) in [5, 5.41) is 12.5. The molecule has 2 aliphatic rings. The van der Waals surface area contributed by atoms with Gasteiger partial charge in [0.05, 0.1) is 13.7 Å². The van der Waals surface area contributed by atoms with E-state index in [0.717, 1.165) is 42.8 Å². The molecule has 0 saturated heterocycles. The Bertz CT molecular complexity index is 823. The van der Waals surface area contributed by atoms with E-state index >= 15 is 0 Å². The van der Waals surface area contributed by atoms with Crippen molar-refractivity contribution in [3.63, 3.8) is 0 Å². The number of amidine groups is 1. The van der Waals surface area contributed by atoms with Crippen LogP contribution < -0.4 is 26.6 Å². The first-order chi connectivity index (χ1) is 12.6. The largest absolute Gasteiger partial charge is 1.00 e. The molecule has 2 heterocycles. The molecule has 2 aromatic carbocycles. The third kappa shape index (κ3) is 3.73. The highest BCUT2D eigenvalue weighted by atomic mass is 79.9. The molecular formula is C21H24BrClN2O2. The van der Waals surface area contributed by atoms with E-state index in [0.29, 0.717) is 11.6 Å². The molecule has 4 nitrogen and oxygen atoms in total. The molecule has 0 saturated carbocycles. The van der Waals surface area contributed by atoms with Crippen molar-refractivity contribution in [3.8, 4) is 5.75 Å². The fraction of sp³-hybridized carbons (Fsp3) is 0.381. The highest BCUT2D eigenvalue weighted by Crippen LogP contribution is 2.38. The van der Waals surface area contributed by atoms with Gasteiger partial charge in [0.1, 0.15) is 11.4 Å². The van der Waals surface area contributed by atoms with Crippen LogP contribution in [0.3, 0.4) is 0 Å². The van der Waals surface area contributed by atoms with Crippen molar-refractivity contribution < 1.29 is 31.4 Å². The lowest BCUT2D eigenvalue weighted by atomic mass is 9.99. The van der Waals surface area contributed by atoms with Crippen LogP contribution in [0.5, 0.6) is 5.75 Å². The van der Waals surface area contributed by atoms with E-state index in [4.69, 9.17) is 16.3 Å². The molecule has 4 rings (SSSR count). The normalized spacial score (nSPS) is 22.1. The Morgan fingerprint density at radius 2 is 1.74 bits per heavy atom. The zero-order chi connectivity index (χ0) is 18.1. The lowest BCUT2D eigenvalue weighted by Gasteiger charge is -2.29. The fourth-order valence-electron chi connectivity index (χ4n) is 4.05. The van der Waals surface area contributed by atoms with E-state index in [9.17, 15) is 5.11 Å².